The summed E-state index contributed by atoms with van der Waals surface area (Å²) in [5.41, 5.74) is 17.6. The highest BCUT2D eigenvalue weighted by Crippen LogP contribution is 2.36. The highest BCUT2D eigenvalue weighted by Gasteiger charge is 2.23. The Kier molecular flexibility index (Phi) is 4.88. The SMILES string of the molecule is Cc1cc(-n2c3ccccc3n3c4cccc(C)c4nc23)cc2c1nc1oc3ccc(-n4c5ccccc5n5c6cccc(C)c6nc45)cc3n12. The number of aryl methyl sites for hydroxylation is 3. The molecule has 9 nitrogen and oxygen atoms in total. The summed E-state index contributed by atoms with van der Waals surface area (Å²) in [4.78, 5) is 15.4. The van der Waals surface area contributed by atoms with E-state index in [0.29, 0.717) is 5.84 Å². The maximum Gasteiger partial charge on any atom is 0.307 e. The minimum absolute atomic E-state index is 0.562. The van der Waals surface area contributed by atoms with Crippen LogP contribution in [-0.2, 0) is 0 Å². The van der Waals surface area contributed by atoms with E-state index < -0.39 is 0 Å². The lowest BCUT2D eigenvalue weighted by atomic mass is 10.1. The summed E-state index contributed by atoms with van der Waals surface area (Å²) in [6, 6.07) is 40.5. The van der Waals surface area contributed by atoms with Gasteiger partial charge in [0.25, 0.3) is 0 Å². The summed E-state index contributed by atoms with van der Waals surface area (Å²) < 4.78 is 17.6. The third-order valence-corrected chi connectivity index (χ3v) is 10.7. The van der Waals surface area contributed by atoms with Gasteiger partial charge in [-0.25, -0.2) is 9.97 Å². The van der Waals surface area contributed by atoms with Gasteiger partial charge in [-0.05, 0) is 104 Å². The van der Waals surface area contributed by atoms with Crippen molar-refractivity contribution in [2.45, 2.75) is 20.8 Å². The van der Waals surface area contributed by atoms with Crippen LogP contribution >= 0.6 is 0 Å². The maximum absolute atomic E-state index is 6.43. The molecule has 12 rings (SSSR count). The second-order valence-electron chi connectivity index (χ2n) is 13.6. The highest BCUT2D eigenvalue weighted by atomic mass is 16.4. The fraction of sp³-hybridized carbons (Fsp3) is 0.0714. The number of hydrogen-bond donors (Lipinski definition) is 0. The first-order valence-electron chi connectivity index (χ1n) is 17.1. The van der Waals surface area contributed by atoms with E-state index in [-0.39, 0.29) is 0 Å². The summed E-state index contributed by atoms with van der Waals surface area (Å²) in [5, 5.41) is 0. The second-order valence-corrected chi connectivity index (χ2v) is 13.6. The van der Waals surface area contributed by atoms with Crippen molar-refractivity contribution in [1.29, 1.82) is 0 Å². The molecular formula is C42H28N8O. The van der Waals surface area contributed by atoms with Crippen molar-refractivity contribution in [3.8, 4) is 11.4 Å². The predicted octanol–water partition coefficient (Wildman–Crippen LogP) is 9.65. The Morgan fingerprint density at radius 3 is 1.57 bits per heavy atom. The van der Waals surface area contributed by atoms with E-state index in [9.17, 15) is 0 Å². The van der Waals surface area contributed by atoms with Crippen LogP contribution < -0.4 is 0 Å². The van der Waals surface area contributed by atoms with Gasteiger partial charge in [-0.2, -0.15) is 4.98 Å². The van der Waals surface area contributed by atoms with E-state index in [0.717, 1.165) is 106 Å². The van der Waals surface area contributed by atoms with Crippen LogP contribution in [0, 0.1) is 20.8 Å². The van der Waals surface area contributed by atoms with Gasteiger partial charge in [-0.1, -0.05) is 48.5 Å². The first kappa shape index (κ1) is 27.0. The molecule has 0 atom stereocenters. The van der Waals surface area contributed by atoms with Crippen molar-refractivity contribution in [3.63, 3.8) is 0 Å². The van der Waals surface area contributed by atoms with E-state index in [1.807, 2.05) is 6.07 Å². The van der Waals surface area contributed by atoms with Crippen LogP contribution in [0.1, 0.15) is 16.7 Å². The predicted molar refractivity (Wildman–Crippen MR) is 203 cm³/mol. The molecule has 0 saturated heterocycles. The zero-order chi connectivity index (χ0) is 33.7. The van der Waals surface area contributed by atoms with Crippen molar-refractivity contribution in [3.05, 3.63) is 132 Å². The van der Waals surface area contributed by atoms with Crippen molar-refractivity contribution in [2.24, 2.45) is 0 Å². The molecule has 51 heavy (non-hydrogen) atoms. The van der Waals surface area contributed by atoms with Crippen molar-refractivity contribution < 1.29 is 4.42 Å². The molecule has 6 heterocycles. The highest BCUT2D eigenvalue weighted by molar-refractivity contribution is 5.97. The first-order valence-corrected chi connectivity index (χ1v) is 17.1. The molecule has 0 N–H and O–H groups in total. The molecule has 242 valence electrons. The lowest BCUT2D eigenvalue weighted by Crippen LogP contribution is -1.97. The molecule has 0 aliphatic rings. The van der Waals surface area contributed by atoms with Gasteiger partial charge in [0.05, 0.1) is 72.1 Å². The summed E-state index contributed by atoms with van der Waals surface area (Å²) in [7, 11) is 0. The lowest BCUT2D eigenvalue weighted by Gasteiger charge is -2.08. The maximum atomic E-state index is 6.43. The minimum Gasteiger partial charge on any atom is -0.423 e. The van der Waals surface area contributed by atoms with E-state index in [1.165, 1.54) is 0 Å². The summed E-state index contributed by atoms with van der Waals surface area (Å²) in [5.74, 6) is 2.32. The molecule has 0 unspecified atom stereocenters. The fourth-order valence-corrected chi connectivity index (χ4v) is 8.38. The Balaban J connectivity index is 1.15. The molecule has 0 fully saturated rings. The summed E-state index contributed by atoms with van der Waals surface area (Å²) in [6.45, 7) is 6.36. The van der Waals surface area contributed by atoms with Gasteiger partial charge >= 0.3 is 5.84 Å². The monoisotopic (exact) mass is 660 g/mol. The van der Waals surface area contributed by atoms with Crippen molar-refractivity contribution in [2.75, 3.05) is 0 Å². The van der Waals surface area contributed by atoms with Crippen LogP contribution in [0.15, 0.2) is 120 Å². The van der Waals surface area contributed by atoms with Crippen molar-refractivity contribution >= 4 is 83.7 Å². The quantitative estimate of drug-likeness (QED) is 0.185. The molecule has 9 heteroatoms. The Morgan fingerprint density at radius 2 is 0.941 bits per heavy atom. The number of benzene rings is 6. The van der Waals surface area contributed by atoms with Gasteiger partial charge in [0, 0.05) is 0 Å². The van der Waals surface area contributed by atoms with E-state index >= 15 is 0 Å². The molecule has 0 saturated carbocycles. The summed E-state index contributed by atoms with van der Waals surface area (Å²) in [6.07, 6.45) is 0. The molecule has 0 bridgehead atoms. The largest absolute Gasteiger partial charge is 0.423 e. The number of rotatable bonds is 2. The van der Waals surface area contributed by atoms with Gasteiger partial charge in [0.1, 0.15) is 0 Å². The number of nitrogens with zero attached hydrogens (tertiary/aromatic N) is 8. The second kappa shape index (κ2) is 9.22. The van der Waals surface area contributed by atoms with Crippen LogP contribution in [0.4, 0.5) is 0 Å². The van der Waals surface area contributed by atoms with Gasteiger partial charge in [-0.3, -0.25) is 22.3 Å². The Bertz CT molecular complexity index is 3470. The zero-order valence-electron chi connectivity index (χ0n) is 28.0. The number of fused-ring (bicyclic) bond motifs is 15. The minimum atomic E-state index is 0.562. The van der Waals surface area contributed by atoms with Crippen LogP contribution in [0.3, 0.4) is 0 Å². The Hall–Kier alpha value is -6.87. The molecular weight excluding hydrogens is 633 g/mol. The lowest BCUT2D eigenvalue weighted by molar-refractivity contribution is 0.643. The molecule has 6 aromatic carbocycles. The molecule has 0 radical (unpaired) electrons. The number of imidazole rings is 5. The number of aromatic nitrogens is 8. The van der Waals surface area contributed by atoms with E-state index in [1.54, 1.807) is 0 Å². The molecule has 0 aliphatic carbocycles. The van der Waals surface area contributed by atoms with Gasteiger partial charge in [0.15, 0.2) is 5.58 Å². The van der Waals surface area contributed by atoms with Gasteiger partial charge < -0.3 is 4.42 Å². The Labute approximate surface area is 288 Å². The summed E-state index contributed by atoms with van der Waals surface area (Å²) >= 11 is 0. The van der Waals surface area contributed by atoms with Crippen LogP contribution in [0.5, 0.6) is 0 Å². The fourth-order valence-electron chi connectivity index (χ4n) is 8.38. The number of hydrogen-bond acceptors (Lipinski definition) is 4. The van der Waals surface area contributed by atoms with Crippen molar-refractivity contribution in [1.82, 2.24) is 37.3 Å². The molecule has 6 aromatic heterocycles. The standard InChI is InChI=1S/C42H28N8O/c1-23-10-8-16-32-37(23)43-40-46(28-12-4-6-14-30(28)48(32)40)26-18-19-36-34(21-26)50-35-22-27(20-25(3)39(35)45-42(50)51-36)47-29-13-5-7-15-31(29)49-33-17-9-11-24(2)38(33)44-41(47)49/h4-22H,1-3H3. The topological polar surface area (TPSA) is 74.9 Å². The average molecular weight is 661 g/mol. The Morgan fingerprint density at radius 1 is 0.412 bits per heavy atom. The van der Waals surface area contributed by atoms with E-state index in [2.05, 4.69) is 152 Å². The van der Waals surface area contributed by atoms with Gasteiger partial charge in [0.2, 0.25) is 11.6 Å². The third kappa shape index (κ3) is 3.33. The average Bonchev–Trinajstić information content (AvgIpc) is 3.96. The smallest absolute Gasteiger partial charge is 0.307 e. The first-order chi connectivity index (χ1) is 25.0. The molecule has 12 aromatic rings. The van der Waals surface area contributed by atoms with Crippen LogP contribution in [0.25, 0.3) is 95.0 Å². The van der Waals surface area contributed by atoms with Gasteiger partial charge in [-0.15, -0.1) is 0 Å². The van der Waals surface area contributed by atoms with Crippen LogP contribution in [-0.4, -0.2) is 37.3 Å². The molecule has 0 amide bonds. The third-order valence-electron chi connectivity index (χ3n) is 10.7. The number of oxazole rings is 1. The number of para-hydroxylation sites is 6. The molecule has 0 spiro atoms. The normalized spacial score (nSPS) is 12.6. The van der Waals surface area contributed by atoms with E-state index in [4.69, 9.17) is 19.4 Å². The zero-order valence-corrected chi connectivity index (χ0v) is 28.0. The van der Waals surface area contributed by atoms with Crippen LogP contribution in [0.2, 0.25) is 0 Å². The molecule has 0 aliphatic heterocycles.